The van der Waals surface area contributed by atoms with Gasteiger partial charge in [-0.3, -0.25) is 4.79 Å². The number of nitrogens with zero attached hydrogens (tertiary/aromatic N) is 3. The van der Waals surface area contributed by atoms with E-state index < -0.39 is 21.8 Å². The van der Waals surface area contributed by atoms with E-state index in [-0.39, 0.29) is 38.5 Å². The molecule has 52 heavy (non-hydrogen) atoms. The maximum absolute atomic E-state index is 15.0. The number of hydrogen-bond acceptors (Lipinski definition) is 8. The second kappa shape index (κ2) is 15.2. The minimum Gasteiger partial charge on any atom is -0.453 e. The number of sulfone groups is 1. The van der Waals surface area contributed by atoms with E-state index in [2.05, 4.69) is 26.1 Å². The van der Waals surface area contributed by atoms with Crippen molar-refractivity contribution in [1.29, 1.82) is 0 Å². The average molecular weight is 732 g/mol. The van der Waals surface area contributed by atoms with Crippen molar-refractivity contribution >= 4 is 27.5 Å². The summed E-state index contributed by atoms with van der Waals surface area (Å²) in [6, 6.07) is 20.0. The quantitative estimate of drug-likeness (QED) is 0.265. The number of piperidine rings is 1. The van der Waals surface area contributed by atoms with Crippen molar-refractivity contribution in [2.45, 2.75) is 59.8 Å². The van der Waals surface area contributed by atoms with E-state index in [1.807, 2.05) is 18.2 Å². The number of nitrogens with two attached hydrogens (primary N) is 1. The first-order valence-electron chi connectivity index (χ1n) is 18.6. The highest BCUT2D eigenvalue weighted by Gasteiger charge is 2.53. The number of amides is 2. The molecule has 3 N–H and O–H groups in total. The normalized spacial score (nSPS) is 23.0. The Morgan fingerprint density at radius 3 is 2.27 bits per heavy atom. The van der Waals surface area contributed by atoms with E-state index in [0.717, 1.165) is 95.7 Å². The summed E-state index contributed by atoms with van der Waals surface area (Å²) in [7, 11) is -2.38. The summed E-state index contributed by atoms with van der Waals surface area (Å²) in [6.07, 6.45) is 5.73. The fourth-order valence-electron chi connectivity index (χ4n) is 9.42. The number of carbonyl (C=O) groups excluding carboxylic acids is 2. The third-order valence-electron chi connectivity index (χ3n) is 12.2. The molecule has 3 aromatic carbocycles. The van der Waals surface area contributed by atoms with Crippen molar-refractivity contribution < 1.29 is 27.1 Å². The third kappa shape index (κ3) is 7.30. The standard InChI is InChI=1S/C40H50FN5O5S/c1-51-39(48)43-37-11-4-10-36(37)40(27-45-18-5-19-45,31-7-3-8-32(41)23-31)30-16-20-44(21-17-30)24-28-25-46(26-28)33-12-14-34(15-13-33)52(49,50)35-9-2-6-29(22-35)38(42)47/h2-3,6-9,12-15,22-23,28,30,36-37H,4-5,10-11,16-21,24-27H2,1H3,(H2,42,47)(H,43,48)/t36-,37-,40?/m0/s1. The van der Waals surface area contributed by atoms with Gasteiger partial charge in [0.25, 0.3) is 0 Å². The molecule has 278 valence electrons. The SMILES string of the molecule is COC(=O)N[C@H]1CCC[C@@H]1C(CN1CCC1)(c1cccc(F)c1)C1CCN(CC2CN(c3ccc(S(=O)(=O)c4cccc(C(N)=O)c4)cc3)C2)CC1. The Morgan fingerprint density at radius 1 is 0.885 bits per heavy atom. The summed E-state index contributed by atoms with van der Waals surface area (Å²) in [5.41, 5.74) is 7.27. The van der Waals surface area contributed by atoms with E-state index in [1.165, 1.54) is 43.9 Å². The predicted octanol–water partition coefficient (Wildman–Crippen LogP) is 5.07. The number of primary amides is 1. The first-order chi connectivity index (χ1) is 25.1. The zero-order chi connectivity index (χ0) is 36.5. The van der Waals surface area contributed by atoms with Crippen LogP contribution in [0.3, 0.4) is 0 Å². The van der Waals surface area contributed by atoms with Crippen LogP contribution in [0.15, 0.2) is 82.6 Å². The van der Waals surface area contributed by atoms with E-state index in [0.29, 0.717) is 11.8 Å². The number of ether oxygens (including phenoxy) is 1. The smallest absolute Gasteiger partial charge is 0.407 e. The summed E-state index contributed by atoms with van der Waals surface area (Å²) in [5.74, 6) is 0.165. The van der Waals surface area contributed by atoms with E-state index in [4.69, 9.17) is 10.5 Å². The second-order valence-corrected chi connectivity index (χ2v) is 17.1. The number of methoxy groups -OCH3 is 1. The molecule has 1 aliphatic carbocycles. The number of hydrogen-bond donors (Lipinski definition) is 2. The zero-order valence-electron chi connectivity index (χ0n) is 29.9. The highest BCUT2D eigenvalue weighted by Crippen LogP contribution is 2.51. The fourth-order valence-corrected chi connectivity index (χ4v) is 10.7. The lowest BCUT2D eigenvalue weighted by Gasteiger charge is -2.54. The fraction of sp³-hybridized carbons (Fsp3) is 0.500. The summed E-state index contributed by atoms with van der Waals surface area (Å²) in [4.78, 5) is 31.6. The van der Waals surface area contributed by atoms with E-state index >= 15 is 0 Å². The molecule has 3 saturated heterocycles. The van der Waals surface area contributed by atoms with Gasteiger partial charge in [0.2, 0.25) is 15.7 Å². The van der Waals surface area contributed by atoms with Crippen molar-refractivity contribution in [1.82, 2.24) is 15.1 Å². The van der Waals surface area contributed by atoms with Crippen LogP contribution in [0.2, 0.25) is 0 Å². The summed E-state index contributed by atoms with van der Waals surface area (Å²) < 4.78 is 46.5. The van der Waals surface area contributed by atoms with Crippen LogP contribution >= 0.6 is 0 Å². The molecule has 7 rings (SSSR count). The molecule has 3 heterocycles. The topological polar surface area (TPSA) is 125 Å². The lowest BCUT2D eigenvalue weighted by Crippen LogP contribution is -2.60. The lowest BCUT2D eigenvalue weighted by molar-refractivity contribution is 0.0223. The first kappa shape index (κ1) is 36.4. The van der Waals surface area contributed by atoms with Gasteiger partial charge in [0.1, 0.15) is 5.82 Å². The van der Waals surface area contributed by atoms with Gasteiger partial charge in [0.15, 0.2) is 0 Å². The van der Waals surface area contributed by atoms with Crippen LogP contribution in [0.5, 0.6) is 0 Å². The number of rotatable bonds is 12. The monoisotopic (exact) mass is 731 g/mol. The van der Waals surface area contributed by atoms with E-state index in [1.54, 1.807) is 18.2 Å². The molecular formula is C40H50FN5O5S. The van der Waals surface area contributed by atoms with Crippen molar-refractivity contribution in [2.24, 2.45) is 23.5 Å². The van der Waals surface area contributed by atoms with Gasteiger partial charge in [0.05, 0.1) is 16.9 Å². The van der Waals surface area contributed by atoms with Crippen LogP contribution in [-0.4, -0.2) is 95.7 Å². The van der Waals surface area contributed by atoms with Crippen molar-refractivity contribution in [3.8, 4) is 0 Å². The van der Waals surface area contributed by atoms with Gasteiger partial charge in [-0.2, -0.15) is 0 Å². The van der Waals surface area contributed by atoms with Crippen LogP contribution in [0, 0.1) is 23.6 Å². The molecule has 10 nitrogen and oxygen atoms in total. The maximum Gasteiger partial charge on any atom is 0.407 e. The Morgan fingerprint density at radius 2 is 1.62 bits per heavy atom. The van der Waals surface area contributed by atoms with Gasteiger partial charge in [-0.05, 0) is 130 Å². The number of likely N-dealkylation sites (tertiary alicyclic amines) is 2. The summed E-state index contributed by atoms with van der Waals surface area (Å²) in [5, 5.41) is 3.17. The minimum atomic E-state index is -3.79. The van der Waals surface area contributed by atoms with Gasteiger partial charge >= 0.3 is 6.09 Å². The van der Waals surface area contributed by atoms with Gasteiger partial charge in [-0.25, -0.2) is 17.6 Å². The molecule has 0 radical (unpaired) electrons. The molecule has 3 aliphatic heterocycles. The highest BCUT2D eigenvalue weighted by atomic mass is 32.2. The highest BCUT2D eigenvalue weighted by molar-refractivity contribution is 7.91. The van der Waals surface area contributed by atoms with Crippen LogP contribution in [0.25, 0.3) is 0 Å². The molecule has 3 aromatic rings. The Bertz CT molecular complexity index is 1860. The number of halogens is 1. The molecule has 1 unspecified atom stereocenters. The third-order valence-corrected chi connectivity index (χ3v) is 14.0. The lowest BCUT2D eigenvalue weighted by atomic mass is 9.57. The van der Waals surface area contributed by atoms with Gasteiger partial charge in [0, 0.05) is 54.8 Å². The van der Waals surface area contributed by atoms with Gasteiger partial charge < -0.3 is 30.5 Å². The van der Waals surface area contributed by atoms with Gasteiger partial charge in [-0.15, -0.1) is 0 Å². The largest absolute Gasteiger partial charge is 0.453 e. The molecule has 0 bridgehead atoms. The Kier molecular flexibility index (Phi) is 10.6. The molecule has 2 amide bonds. The second-order valence-electron chi connectivity index (χ2n) is 15.2. The van der Waals surface area contributed by atoms with Crippen molar-refractivity contribution in [2.75, 3.05) is 64.4 Å². The Labute approximate surface area is 306 Å². The first-order valence-corrected chi connectivity index (χ1v) is 20.1. The molecule has 4 aliphatic rings. The number of nitrogens with one attached hydrogen (secondary N) is 1. The van der Waals surface area contributed by atoms with Crippen molar-refractivity contribution in [3.05, 3.63) is 89.7 Å². The van der Waals surface area contributed by atoms with Crippen LogP contribution in [0.1, 0.15) is 54.4 Å². The average Bonchev–Trinajstić information content (AvgIpc) is 3.58. The number of benzene rings is 3. The molecular weight excluding hydrogens is 682 g/mol. The molecule has 3 atom stereocenters. The van der Waals surface area contributed by atoms with Gasteiger partial charge in [-0.1, -0.05) is 24.6 Å². The van der Waals surface area contributed by atoms with Crippen LogP contribution in [0.4, 0.5) is 14.9 Å². The molecule has 1 saturated carbocycles. The Hall–Kier alpha value is -4.00. The molecule has 0 spiro atoms. The van der Waals surface area contributed by atoms with Crippen molar-refractivity contribution in [3.63, 3.8) is 0 Å². The van der Waals surface area contributed by atoms with Crippen LogP contribution in [-0.2, 0) is 20.0 Å². The molecule has 12 heteroatoms. The van der Waals surface area contributed by atoms with E-state index in [9.17, 15) is 22.4 Å². The van der Waals surface area contributed by atoms with Crippen LogP contribution < -0.4 is 16.0 Å². The summed E-state index contributed by atoms with van der Waals surface area (Å²) in [6.45, 7) is 7.74. The zero-order valence-corrected chi connectivity index (χ0v) is 30.7. The summed E-state index contributed by atoms with van der Waals surface area (Å²) >= 11 is 0. The molecule has 0 aromatic heterocycles. The minimum absolute atomic E-state index is 0.0156. The number of carbonyl (C=O) groups is 2. The molecule has 4 fully saturated rings. The Balaban J connectivity index is 1.00. The maximum atomic E-state index is 15.0. The predicted molar refractivity (Wildman–Crippen MR) is 198 cm³/mol. The number of anilines is 1. The number of alkyl carbamates (subject to hydrolysis) is 1.